The van der Waals surface area contributed by atoms with Crippen LogP contribution in [0.15, 0.2) is 48.5 Å². The number of carbonyl (C=O) groups is 1. The maximum absolute atomic E-state index is 12.3. The van der Waals surface area contributed by atoms with Gasteiger partial charge in [0.2, 0.25) is 0 Å². The zero-order valence-corrected chi connectivity index (χ0v) is 13.6. The molecule has 0 unspecified atom stereocenters. The number of esters is 1. The van der Waals surface area contributed by atoms with Gasteiger partial charge in [-0.05, 0) is 48.0 Å². The first-order valence-electron chi connectivity index (χ1n) is 7.18. The lowest BCUT2D eigenvalue weighted by atomic mass is 10.2. The van der Waals surface area contributed by atoms with E-state index in [1.54, 1.807) is 24.3 Å². The first kappa shape index (κ1) is 18.3. The van der Waals surface area contributed by atoms with Gasteiger partial charge < -0.3 is 18.9 Å². The molecule has 0 heterocycles. The van der Waals surface area contributed by atoms with E-state index in [4.69, 9.17) is 14.2 Å². The summed E-state index contributed by atoms with van der Waals surface area (Å²) in [6.07, 6.45) is 2.69. The van der Waals surface area contributed by atoms with Gasteiger partial charge in [0.15, 0.2) is 11.5 Å². The highest BCUT2D eigenvalue weighted by Gasteiger charge is 2.10. The van der Waals surface area contributed by atoms with Crippen LogP contribution in [-0.4, -0.2) is 26.8 Å². The fourth-order valence-electron chi connectivity index (χ4n) is 1.94. The van der Waals surface area contributed by atoms with Crippen molar-refractivity contribution in [3.8, 4) is 23.0 Å². The van der Waals surface area contributed by atoms with Crippen molar-refractivity contribution in [3.63, 3.8) is 0 Å². The summed E-state index contributed by atoms with van der Waals surface area (Å²) in [5.74, 6) is 0.473. The van der Waals surface area contributed by atoms with Gasteiger partial charge >= 0.3 is 12.6 Å². The van der Waals surface area contributed by atoms with Crippen LogP contribution < -0.4 is 18.9 Å². The predicted octanol–water partition coefficient (Wildman–Crippen LogP) is 3.92. The molecule has 0 spiro atoms. The maximum atomic E-state index is 12.3. The Bertz CT molecular complexity index is 742. The highest BCUT2D eigenvalue weighted by molar-refractivity contribution is 5.88. The molecule has 0 aromatic heterocycles. The van der Waals surface area contributed by atoms with Gasteiger partial charge in [-0.15, -0.1) is 0 Å². The fraction of sp³-hybridized carbons (Fsp3) is 0.167. The second-order valence-corrected chi connectivity index (χ2v) is 4.72. The smallest absolute Gasteiger partial charge is 0.387 e. The van der Waals surface area contributed by atoms with E-state index in [1.807, 2.05) is 0 Å². The van der Waals surface area contributed by atoms with Crippen LogP contribution in [0.5, 0.6) is 23.0 Å². The summed E-state index contributed by atoms with van der Waals surface area (Å²) in [7, 11) is 2.87. The van der Waals surface area contributed by atoms with Crippen molar-refractivity contribution in [2.45, 2.75) is 6.61 Å². The molecular weight excluding hydrogens is 334 g/mol. The number of carbonyl (C=O) groups excluding carboxylic acids is 1. The maximum Gasteiger partial charge on any atom is 0.387 e. The van der Waals surface area contributed by atoms with Gasteiger partial charge in [0.05, 0.1) is 14.2 Å². The van der Waals surface area contributed by atoms with Crippen LogP contribution in [0.4, 0.5) is 8.78 Å². The van der Waals surface area contributed by atoms with Gasteiger partial charge in [0.25, 0.3) is 0 Å². The van der Waals surface area contributed by atoms with E-state index in [0.717, 1.165) is 0 Å². The molecule has 0 aliphatic rings. The van der Waals surface area contributed by atoms with Crippen LogP contribution in [0.3, 0.4) is 0 Å². The normalized spacial score (nSPS) is 10.8. The average molecular weight is 350 g/mol. The monoisotopic (exact) mass is 350 g/mol. The number of hydrogen-bond acceptors (Lipinski definition) is 5. The Morgan fingerprint density at radius 1 is 0.960 bits per heavy atom. The quantitative estimate of drug-likeness (QED) is 0.430. The van der Waals surface area contributed by atoms with Gasteiger partial charge in [-0.1, -0.05) is 6.07 Å². The van der Waals surface area contributed by atoms with Crippen molar-refractivity contribution in [3.05, 3.63) is 54.1 Å². The molecule has 0 amide bonds. The molecule has 2 aromatic carbocycles. The second kappa shape index (κ2) is 8.68. The second-order valence-electron chi connectivity index (χ2n) is 4.72. The third-order valence-electron chi connectivity index (χ3n) is 3.09. The summed E-state index contributed by atoms with van der Waals surface area (Å²) in [5, 5.41) is 0. The minimum atomic E-state index is -2.95. The van der Waals surface area contributed by atoms with Crippen molar-refractivity contribution in [1.29, 1.82) is 0 Å². The molecule has 7 heteroatoms. The SMILES string of the molecule is COc1ccc(OC(=O)/C=C/c2ccc(OC(F)F)c(OC)c2)cc1. The summed E-state index contributed by atoms with van der Waals surface area (Å²) >= 11 is 0. The molecule has 132 valence electrons. The van der Waals surface area contributed by atoms with Crippen molar-refractivity contribution < 1.29 is 32.5 Å². The number of halogens is 2. The third-order valence-corrected chi connectivity index (χ3v) is 3.09. The molecule has 5 nitrogen and oxygen atoms in total. The Hall–Kier alpha value is -3.09. The number of rotatable bonds is 7. The zero-order valence-electron chi connectivity index (χ0n) is 13.6. The van der Waals surface area contributed by atoms with E-state index in [1.165, 1.54) is 44.6 Å². The molecule has 0 N–H and O–H groups in total. The van der Waals surface area contributed by atoms with Crippen LogP contribution in [0.1, 0.15) is 5.56 Å². The van der Waals surface area contributed by atoms with Gasteiger partial charge in [0, 0.05) is 6.08 Å². The largest absolute Gasteiger partial charge is 0.497 e. The van der Waals surface area contributed by atoms with Gasteiger partial charge in [-0.3, -0.25) is 0 Å². The highest BCUT2D eigenvalue weighted by Crippen LogP contribution is 2.29. The Balaban J connectivity index is 2.03. The molecule has 0 bridgehead atoms. The first-order valence-corrected chi connectivity index (χ1v) is 7.18. The summed E-state index contributed by atoms with van der Waals surface area (Å²) in [6.45, 7) is -2.95. The van der Waals surface area contributed by atoms with Gasteiger partial charge in [-0.2, -0.15) is 8.78 Å². The van der Waals surface area contributed by atoms with Crippen molar-refractivity contribution in [1.82, 2.24) is 0 Å². The summed E-state index contributed by atoms with van der Waals surface area (Å²) in [4.78, 5) is 11.8. The Morgan fingerprint density at radius 3 is 2.24 bits per heavy atom. The lowest BCUT2D eigenvalue weighted by Gasteiger charge is -2.10. The molecule has 0 saturated carbocycles. The highest BCUT2D eigenvalue weighted by atomic mass is 19.3. The lowest BCUT2D eigenvalue weighted by molar-refractivity contribution is -0.128. The van der Waals surface area contributed by atoms with Crippen molar-refractivity contribution in [2.75, 3.05) is 14.2 Å². The molecule has 2 rings (SSSR count). The Labute approximate surface area is 143 Å². The Morgan fingerprint density at radius 2 is 1.64 bits per heavy atom. The summed E-state index contributed by atoms with van der Waals surface area (Å²) in [6, 6.07) is 10.8. The molecule has 0 aliphatic heterocycles. The number of benzene rings is 2. The van der Waals surface area contributed by atoms with Crippen LogP contribution in [0.25, 0.3) is 6.08 Å². The minimum Gasteiger partial charge on any atom is -0.497 e. The topological polar surface area (TPSA) is 54.0 Å². The molecular formula is C18H16F2O5. The molecule has 25 heavy (non-hydrogen) atoms. The first-order chi connectivity index (χ1) is 12.0. The van der Waals surface area contributed by atoms with E-state index in [2.05, 4.69) is 4.74 Å². The van der Waals surface area contributed by atoms with Crippen LogP contribution in [-0.2, 0) is 4.79 Å². The summed E-state index contributed by atoms with van der Waals surface area (Å²) in [5.41, 5.74) is 0.560. The van der Waals surface area contributed by atoms with E-state index >= 15 is 0 Å². The van der Waals surface area contributed by atoms with Crippen LogP contribution in [0, 0.1) is 0 Å². The van der Waals surface area contributed by atoms with E-state index in [-0.39, 0.29) is 11.5 Å². The molecule has 0 saturated heterocycles. The average Bonchev–Trinajstić information content (AvgIpc) is 2.61. The number of alkyl halides is 2. The van der Waals surface area contributed by atoms with Gasteiger partial charge in [-0.25, -0.2) is 4.79 Å². The van der Waals surface area contributed by atoms with Crippen molar-refractivity contribution in [2.24, 2.45) is 0 Å². The van der Waals surface area contributed by atoms with Crippen molar-refractivity contribution >= 4 is 12.0 Å². The number of hydrogen-bond donors (Lipinski definition) is 0. The number of methoxy groups -OCH3 is 2. The molecule has 0 aliphatic carbocycles. The summed E-state index contributed by atoms with van der Waals surface area (Å²) < 4.78 is 44.0. The minimum absolute atomic E-state index is 0.0875. The molecule has 0 atom stereocenters. The van der Waals surface area contributed by atoms with E-state index in [0.29, 0.717) is 17.1 Å². The van der Waals surface area contributed by atoms with Gasteiger partial charge in [0.1, 0.15) is 11.5 Å². The molecule has 0 fully saturated rings. The van der Waals surface area contributed by atoms with E-state index in [9.17, 15) is 13.6 Å². The zero-order chi connectivity index (χ0) is 18.2. The molecule has 0 radical (unpaired) electrons. The fourth-order valence-corrected chi connectivity index (χ4v) is 1.94. The molecule has 2 aromatic rings. The lowest BCUT2D eigenvalue weighted by Crippen LogP contribution is -2.04. The standard InChI is InChI=1S/C18H16F2O5/c1-22-13-5-7-14(8-6-13)24-17(21)10-4-12-3-9-15(25-18(19)20)16(11-12)23-2/h3-11,18H,1-2H3/b10-4+. The van der Waals surface area contributed by atoms with Crippen LogP contribution in [0.2, 0.25) is 0 Å². The Kier molecular flexibility index (Phi) is 6.33. The van der Waals surface area contributed by atoms with E-state index < -0.39 is 12.6 Å². The number of ether oxygens (including phenoxy) is 4. The third kappa shape index (κ3) is 5.49. The van der Waals surface area contributed by atoms with Crippen LogP contribution >= 0.6 is 0 Å². The predicted molar refractivity (Wildman–Crippen MR) is 87.3 cm³/mol.